The number of aliphatic hydroxyl groups excluding tert-OH is 2. The number of hydrogen-bond acceptors (Lipinski definition) is 5. The smallest absolute Gasteiger partial charge is 0.305 e. The Morgan fingerprint density at radius 3 is 0.866 bits per heavy atom. The number of allylic oxidation sites excluding steroid dienone is 3. The van der Waals surface area contributed by atoms with Gasteiger partial charge in [0.15, 0.2) is 0 Å². The van der Waals surface area contributed by atoms with Gasteiger partial charge >= 0.3 is 5.97 Å². The van der Waals surface area contributed by atoms with Crippen molar-refractivity contribution in [1.82, 2.24) is 5.32 Å². The average molecular weight is 1160 g/mol. The summed E-state index contributed by atoms with van der Waals surface area (Å²) in [5.74, 6) is -0.0451. The highest BCUT2D eigenvalue weighted by Crippen LogP contribution is 2.19. The SMILES string of the molecule is CCCCCCCC/C=C\CCCCCCCCCCCC(=O)OCCCCCCCCCCCCCCCCCCCCCCCCCCCC(=O)NC(CO)C(O)/C=C/CCCCCCCCCCCCCCCCCCCCC. The molecule has 0 radical (unpaired) electrons. The fourth-order valence-electron chi connectivity index (χ4n) is 12.0. The van der Waals surface area contributed by atoms with E-state index in [1.165, 1.54) is 360 Å². The Kier molecular flexibility index (Phi) is 70.4. The Labute approximate surface area is 513 Å². The molecule has 2 unspecified atom stereocenters. The van der Waals surface area contributed by atoms with E-state index >= 15 is 0 Å². The van der Waals surface area contributed by atoms with Gasteiger partial charge in [-0.25, -0.2) is 0 Å². The van der Waals surface area contributed by atoms with Gasteiger partial charge in [-0.15, -0.1) is 0 Å². The van der Waals surface area contributed by atoms with Crippen LogP contribution in [0.3, 0.4) is 0 Å². The molecule has 2 atom stereocenters. The van der Waals surface area contributed by atoms with Gasteiger partial charge in [0.1, 0.15) is 0 Å². The summed E-state index contributed by atoms with van der Waals surface area (Å²) in [4.78, 5) is 24.7. The molecule has 1 amide bonds. The summed E-state index contributed by atoms with van der Waals surface area (Å²) in [7, 11) is 0. The fraction of sp³-hybridized carbons (Fsp3) is 0.921. The van der Waals surface area contributed by atoms with E-state index in [4.69, 9.17) is 4.74 Å². The van der Waals surface area contributed by atoms with Crippen LogP contribution in [-0.4, -0.2) is 47.4 Å². The molecule has 0 aromatic carbocycles. The third kappa shape index (κ3) is 67.5. The molecule has 0 heterocycles. The van der Waals surface area contributed by atoms with Crippen molar-refractivity contribution in [3.63, 3.8) is 0 Å². The molecule has 0 fully saturated rings. The van der Waals surface area contributed by atoms with E-state index < -0.39 is 12.1 Å². The first-order valence-electron chi connectivity index (χ1n) is 37.6. The molecule has 3 N–H and O–H groups in total. The number of hydrogen-bond donors (Lipinski definition) is 3. The molecule has 0 rings (SSSR count). The molecule has 0 saturated carbocycles. The second-order valence-electron chi connectivity index (χ2n) is 26.0. The Morgan fingerprint density at radius 1 is 0.329 bits per heavy atom. The van der Waals surface area contributed by atoms with E-state index in [2.05, 4.69) is 31.3 Å². The second kappa shape index (κ2) is 71.8. The van der Waals surface area contributed by atoms with Crippen molar-refractivity contribution in [3.8, 4) is 0 Å². The Balaban J connectivity index is 3.37. The van der Waals surface area contributed by atoms with Crippen molar-refractivity contribution >= 4 is 11.9 Å². The molecule has 0 aliphatic carbocycles. The number of esters is 1. The minimum absolute atomic E-state index is 0.0166. The quantitative estimate of drug-likeness (QED) is 0.0320. The van der Waals surface area contributed by atoms with Gasteiger partial charge in [-0.05, 0) is 57.8 Å². The zero-order valence-electron chi connectivity index (χ0n) is 55.8. The van der Waals surface area contributed by atoms with Crippen molar-refractivity contribution in [2.75, 3.05) is 13.2 Å². The summed E-state index contributed by atoms with van der Waals surface area (Å²) in [6.45, 7) is 4.95. The first kappa shape index (κ1) is 80.3. The van der Waals surface area contributed by atoms with Crippen molar-refractivity contribution in [2.45, 2.75) is 437 Å². The summed E-state index contributed by atoms with van der Waals surface area (Å²) in [6.07, 6.45) is 91.3. The van der Waals surface area contributed by atoms with Crippen LogP contribution in [0.1, 0.15) is 425 Å². The Morgan fingerprint density at radius 2 is 0.573 bits per heavy atom. The highest BCUT2D eigenvalue weighted by molar-refractivity contribution is 5.76. The summed E-state index contributed by atoms with van der Waals surface area (Å²) in [5, 5.41) is 23.3. The van der Waals surface area contributed by atoms with Gasteiger partial charge in [0.25, 0.3) is 0 Å². The van der Waals surface area contributed by atoms with Gasteiger partial charge < -0.3 is 20.3 Å². The van der Waals surface area contributed by atoms with Crippen molar-refractivity contribution in [1.29, 1.82) is 0 Å². The van der Waals surface area contributed by atoms with Gasteiger partial charge in [-0.2, -0.15) is 0 Å². The van der Waals surface area contributed by atoms with Gasteiger partial charge in [0.05, 0.1) is 25.4 Å². The number of nitrogens with one attached hydrogen (secondary N) is 1. The highest BCUT2D eigenvalue weighted by Gasteiger charge is 2.18. The standard InChI is InChI=1S/C76H147NO5/c1-3-5-7-9-11-13-15-17-19-21-23-29-33-36-40-44-48-52-56-60-64-68-74(79)73(72-78)77-75(80)69-65-61-57-53-49-45-41-37-34-30-27-25-24-26-28-31-35-39-43-47-51-55-59-63-67-71-82-76(81)70-66-62-58-54-50-46-42-38-32-22-20-18-16-14-12-10-8-6-4-2/h18,20,64,68,73-74,78-79H,3-17,19,21-63,65-67,69-72H2,1-2H3,(H,77,80)/b20-18-,68-64+. The predicted molar refractivity (Wildman–Crippen MR) is 361 cm³/mol. The number of carbonyl (C=O) groups excluding carboxylic acids is 2. The first-order chi connectivity index (χ1) is 40.5. The molecule has 6 nitrogen and oxygen atoms in total. The van der Waals surface area contributed by atoms with E-state index in [9.17, 15) is 19.8 Å². The van der Waals surface area contributed by atoms with Crippen molar-refractivity contribution < 1.29 is 24.5 Å². The second-order valence-corrected chi connectivity index (χ2v) is 26.0. The summed E-state index contributed by atoms with van der Waals surface area (Å²) in [5.41, 5.74) is 0. The van der Waals surface area contributed by atoms with Crippen LogP contribution in [0, 0.1) is 0 Å². The lowest BCUT2D eigenvalue weighted by Gasteiger charge is -2.20. The molecule has 0 bridgehead atoms. The van der Waals surface area contributed by atoms with E-state index in [-0.39, 0.29) is 18.5 Å². The third-order valence-corrected chi connectivity index (χ3v) is 17.7. The van der Waals surface area contributed by atoms with Crippen molar-refractivity contribution in [3.05, 3.63) is 24.3 Å². The molecule has 6 heteroatoms. The molecule has 486 valence electrons. The van der Waals surface area contributed by atoms with Crippen LogP contribution in [0.2, 0.25) is 0 Å². The normalized spacial score (nSPS) is 12.6. The zero-order valence-corrected chi connectivity index (χ0v) is 55.8. The van der Waals surface area contributed by atoms with Crippen LogP contribution >= 0.6 is 0 Å². The number of rotatable bonds is 71. The zero-order chi connectivity index (χ0) is 59.2. The molecule has 0 saturated heterocycles. The van der Waals surface area contributed by atoms with Gasteiger partial charge in [-0.3, -0.25) is 9.59 Å². The number of ether oxygens (including phenoxy) is 1. The van der Waals surface area contributed by atoms with Crippen LogP contribution in [0.5, 0.6) is 0 Å². The summed E-state index contributed by atoms with van der Waals surface area (Å²) < 4.78 is 5.51. The van der Waals surface area contributed by atoms with Crippen LogP contribution in [0.25, 0.3) is 0 Å². The Bertz CT molecular complexity index is 1280. The van der Waals surface area contributed by atoms with Crippen molar-refractivity contribution in [2.24, 2.45) is 0 Å². The van der Waals surface area contributed by atoms with Crippen LogP contribution in [0.4, 0.5) is 0 Å². The molecule has 0 spiro atoms. The maximum absolute atomic E-state index is 12.5. The third-order valence-electron chi connectivity index (χ3n) is 17.7. The molecule has 82 heavy (non-hydrogen) atoms. The highest BCUT2D eigenvalue weighted by atomic mass is 16.5. The van der Waals surface area contributed by atoms with Gasteiger partial charge in [0.2, 0.25) is 5.91 Å². The predicted octanol–water partition coefficient (Wildman–Crippen LogP) is 24.5. The molecule has 0 aromatic heterocycles. The summed E-state index contributed by atoms with van der Waals surface area (Å²) in [6, 6.07) is -0.627. The minimum atomic E-state index is -0.844. The topological polar surface area (TPSA) is 95.9 Å². The lowest BCUT2D eigenvalue weighted by atomic mass is 10.0. The summed E-state index contributed by atoms with van der Waals surface area (Å²) >= 11 is 0. The van der Waals surface area contributed by atoms with Gasteiger partial charge in [0, 0.05) is 12.8 Å². The van der Waals surface area contributed by atoms with E-state index in [1.54, 1.807) is 6.08 Å². The largest absolute Gasteiger partial charge is 0.466 e. The van der Waals surface area contributed by atoms with E-state index in [0.29, 0.717) is 19.4 Å². The van der Waals surface area contributed by atoms with Gasteiger partial charge in [-0.1, -0.05) is 378 Å². The van der Waals surface area contributed by atoms with Crippen LogP contribution < -0.4 is 5.32 Å². The lowest BCUT2D eigenvalue weighted by Crippen LogP contribution is -2.45. The molecule has 0 aliphatic rings. The molecule has 0 aliphatic heterocycles. The van der Waals surface area contributed by atoms with Crippen LogP contribution in [-0.2, 0) is 14.3 Å². The Hall–Kier alpha value is -1.66. The lowest BCUT2D eigenvalue weighted by molar-refractivity contribution is -0.143. The number of unbranched alkanes of at least 4 members (excludes halogenated alkanes) is 58. The fourth-order valence-corrected chi connectivity index (χ4v) is 12.0. The molecular weight excluding hydrogens is 1010 g/mol. The first-order valence-corrected chi connectivity index (χ1v) is 37.6. The van der Waals surface area contributed by atoms with Crippen LogP contribution in [0.15, 0.2) is 24.3 Å². The number of amides is 1. The monoisotopic (exact) mass is 1150 g/mol. The van der Waals surface area contributed by atoms with E-state index in [0.717, 1.165) is 38.5 Å². The maximum Gasteiger partial charge on any atom is 0.305 e. The molecule has 0 aromatic rings. The minimum Gasteiger partial charge on any atom is -0.466 e. The number of aliphatic hydroxyl groups is 2. The number of carbonyl (C=O) groups is 2. The van der Waals surface area contributed by atoms with E-state index in [1.807, 2.05) is 6.08 Å². The maximum atomic E-state index is 12.5. The molecular formula is C76H147NO5. The average Bonchev–Trinajstić information content (AvgIpc) is 3.48.